The second-order valence-corrected chi connectivity index (χ2v) is 7.54. The normalized spacial score (nSPS) is 27.0. The number of fused-ring (bicyclic) bond motifs is 1. The first kappa shape index (κ1) is 17.3. The number of benzene rings is 1. The summed E-state index contributed by atoms with van der Waals surface area (Å²) in [7, 11) is 0. The summed E-state index contributed by atoms with van der Waals surface area (Å²) in [5.41, 5.74) is 3.24. The number of nitrogens with zero attached hydrogens (tertiary/aromatic N) is 1. The van der Waals surface area contributed by atoms with Gasteiger partial charge in [-0.25, -0.2) is 0 Å². The Morgan fingerprint density at radius 2 is 2.08 bits per heavy atom. The zero-order chi connectivity index (χ0) is 18.1. The first-order valence-corrected chi connectivity index (χ1v) is 9.50. The highest BCUT2D eigenvalue weighted by atomic mass is 16.5. The maximum atomic E-state index is 12.5. The second-order valence-electron chi connectivity index (χ2n) is 7.54. The third kappa shape index (κ3) is 3.28. The molecule has 2 aliphatic rings. The number of aromatic nitrogens is 1. The molecule has 1 aromatic carbocycles. The molecule has 26 heavy (non-hydrogen) atoms. The van der Waals surface area contributed by atoms with Gasteiger partial charge in [0.25, 0.3) is 0 Å². The van der Waals surface area contributed by atoms with Crippen molar-refractivity contribution in [2.24, 2.45) is 11.8 Å². The molecule has 138 valence electrons. The molecule has 1 aromatic heterocycles. The third-order valence-electron chi connectivity index (χ3n) is 5.95. The summed E-state index contributed by atoms with van der Waals surface area (Å²) in [6.45, 7) is 4.63. The molecule has 5 heteroatoms. The fraction of sp³-hybridized carbons (Fsp3) is 0.524. The molecule has 2 fully saturated rings. The van der Waals surface area contributed by atoms with E-state index in [2.05, 4.69) is 34.7 Å². The monoisotopic (exact) mass is 354 g/mol. The van der Waals surface area contributed by atoms with Crippen LogP contribution in [-0.4, -0.2) is 29.8 Å². The van der Waals surface area contributed by atoms with Crippen LogP contribution in [0.15, 0.2) is 34.9 Å². The Hall–Kier alpha value is -2.14. The van der Waals surface area contributed by atoms with Crippen LogP contribution >= 0.6 is 0 Å². The van der Waals surface area contributed by atoms with Gasteiger partial charge < -0.3 is 14.6 Å². The van der Waals surface area contributed by atoms with Crippen molar-refractivity contribution in [2.75, 3.05) is 6.61 Å². The van der Waals surface area contributed by atoms with E-state index in [0.29, 0.717) is 30.8 Å². The van der Waals surface area contributed by atoms with Crippen LogP contribution in [0.5, 0.6) is 0 Å². The second kappa shape index (κ2) is 7.23. The SMILES string of the molecule is Cc1noc(C)c1CCC(=O)N[C@@H]1[C@@H](Cc2ccccc2)[C@H]2OCC[C@@H]12. The van der Waals surface area contributed by atoms with E-state index in [1.54, 1.807) is 0 Å². The van der Waals surface area contributed by atoms with E-state index in [0.717, 1.165) is 36.5 Å². The molecule has 0 radical (unpaired) electrons. The van der Waals surface area contributed by atoms with Crippen LogP contribution in [-0.2, 0) is 22.4 Å². The predicted molar refractivity (Wildman–Crippen MR) is 97.7 cm³/mol. The predicted octanol–water partition coefficient (Wildman–Crippen LogP) is 2.99. The summed E-state index contributed by atoms with van der Waals surface area (Å²) >= 11 is 0. The molecule has 0 unspecified atom stereocenters. The van der Waals surface area contributed by atoms with Crippen molar-refractivity contribution in [3.05, 3.63) is 52.9 Å². The molecule has 4 rings (SSSR count). The van der Waals surface area contributed by atoms with Crippen LogP contribution in [0.4, 0.5) is 0 Å². The highest BCUT2D eigenvalue weighted by Gasteiger charge is 2.53. The van der Waals surface area contributed by atoms with Crippen molar-refractivity contribution < 1.29 is 14.1 Å². The van der Waals surface area contributed by atoms with Crippen LogP contribution in [0.2, 0.25) is 0 Å². The zero-order valence-electron chi connectivity index (χ0n) is 15.4. The molecule has 5 nitrogen and oxygen atoms in total. The Kier molecular flexibility index (Phi) is 4.81. The van der Waals surface area contributed by atoms with Gasteiger partial charge in [0.2, 0.25) is 5.91 Å². The Morgan fingerprint density at radius 1 is 1.27 bits per heavy atom. The highest BCUT2D eigenvalue weighted by Crippen LogP contribution is 2.45. The van der Waals surface area contributed by atoms with Gasteiger partial charge in [0.05, 0.1) is 11.8 Å². The van der Waals surface area contributed by atoms with E-state index in [-0.39, 0.29) is 11.9 Å². The molecular formula is C21H26N2O3. The van der Waals surface area contributed by atoms with Crippen LogP contribution in [0.25, 0.3) is 0 Å². The molecule has 2 aromatic rings. The lowest BCUT2D eigenvalue weighted by Crippen LogP contribution is -2.62. The third-order valence-corrected chi connectivity index (χ3v) is 5.95. The maximum absolute atomic E-state index is 12.5. The summed E-state index contributed by atoms with van der Waals surface area (Å²) < 4.78 is 11.1. The summed E-state index contributed by atoms with van der Waals surface area (Å²) in [4.78, 5) is 12.5. The molecule has 1 N–H and O–H groups in total. The molecule has 2 heterocycles. The van der Waals surface area contributed by atoms with Crippen molar-refractivity contribution in [2.45, 2.75) is 51.7 Å². The fourth-order valence-electron chi connectivity index (χ4n) is 4.53. The van der Waals surface area contributed by atoms with Gasteiger partial charge in [-0.2, -0.15) is 0 Å². The number of amides is 1. The standard InChI is InChI=1S/C21H26N2O3/c1-13-16(14(2)26-23-13)8-9-19(24)22-20-17-10-11-25-21(17)18(20)12-15-6-4-3-5-7-15/h3-7,17-18,20-21H,8-12H2,1-2H3,(H,22,24)/t17-,18+,20-,21-/m0/s1. The number of hydrogen-bond acceptors (Lipinski definition) is 4. The topological polar surface area (TPSA) is 64.4 Å². The van der Waals surface area contributed by atoms with Gasteiger partial charge >= 0.3 is 0 Å². The van der Waals surface area contributed by atoms with Crippen LogP contribution in [0.1, 0.15) is 35.4 Å². The number of carbonyl (C=O) groups is 1. The molecule has 0 spiro atoms. The minimum Gasteiger partial charge on any atom is -0.377 e. The van der Waals surface area contributed by atoms with Gasteiger partial charge in [0.1, 0.15) is 5.76 Å². The molecule has 4 atom stereocenters. The van der Waals surface area contributed by atoms with Gasteiger partial charge in [0, 0.05) is 36.5 Å². The van der Waals surface area contributed by atoms with E-state index in [1.807, 2.05) is 19.9 Å². The Bertz CT molecular complexity index is 751. The van der Waals surface area contributed by atoms with E-state index < -0.39 is 0 Å². The lowest BCUT2D eigenvalue weighted by atomic mass is 9.64. The van der Waals surface area contributed by atoms with Crippen molar-refractivity contribution in [3.63, 3.8) is 0 Å². The van der Waals surface area contributed by atoms with Crippen LogP contribution < -0.4 is 5.32 Å². The average Bonchev–Trinajstić information content (AvgIpc) is 3.21. The van der Waals surface area contributed by atoms with Gasteiger partial charge in [-0.15, -0.1) is 0 Å². The summed E-state index contributed by atoms with van der Waals surface area (Å²) in [6, 6.07) is 10.7. The van der Waals surface area contributed by atoms with Crippen LogP contribution in [0, 0.1) is 25.7 Å². The summed E-state index contributed by atoms with van der Waals surface area (Å²) in [6.07, 6.45) is 3.44. The number of hydrogen-bond donors (Lipinski definition) is 1. The van der Waals surface area contributed by atoms with Gasteiger partial charge in [-0.1, -0.05) is 35.5 Å². The van der Waals surface area contributed by atoms with Crippen molar-refractivity contribution in [1.29, 1.82) is 0 Å². The average molecular weight is 354 g/mol. The zero-order valence-corrected chi connectivity index (χ0v) is 15.4. The van der Waals surface area contributed by atoms with Crippen molar-refractivity contribution in [1.82, 2.24) is 10.5 Å². The van der Waals surface area contributed by atoms with E-state index in [4.69, 9.17) is 9.26 Å². The van der Waals surface area contributed by atoms with Gasteiger partial charge in [-0.05, 0) is 38.7 Å². The Labute approximate surface area is 154 Å². The minimum absolute atomic E-state index is 0.110. The number of nitrogens with one attached hydrogen (secondary N) is 1. The molecule has 1 aliphatic carbocycles. The highest BCUT2D eigenvalue weighted by molar-refractivity contribution is 5.76. The quantitative estimate of drug-likeness (QED) is 0.866. The number of aryl methyl sites for hydroxylation is 2. The minimum atomic E-state index is 0.110. The van der Waals surface area contributed by atoms with Gasteiger partial charge in [0.15, 0.2) is 0 Å². The largest absolute Gasteiger partial charge is 0.377 e. The van der Waals surface area contributed by atoms with E-state index in [1.165, 1.54) is 5.56 Å². The van der Waals surface area contributed by atoms with Crippen LogP contribution in [0.3, 0.4) is 0 Å². The lowest BCUT2D eigenvalue weighted by Gasteiger charge is -2.48. The molecule has 1 saturated carbocycles. The Morgan fingerprint density at radius 3 is 2.81 bits per heavy atom. The first-order valence-electron chi connectivity index (χ1n) is 9.50. The molecule has 1 saturated heterocycles. The fourth-order valence-corrected chi connectivity index (χ4v) is 4.53. The smallest absolute Gasteiger partial charge is 0.220 e. The first-order chi connectivity index (χ1) is 12.6. The summed E-state index contributed by atoms with van der Waals surface area (Å²) in [5, 5.41) is 7.25. The van der Waals surface area contributed by atoms with E-state index >= 15 is 0 Å². The number of rotatable bonds is 6. The lowest BCUT2D eigenvalue weighted by molar-refractivity contribution is -0.127. The Balaban J connectivity index is 1.37. The molecule has 1 aliphatic heterocycles. The number of ether oxygens (including phenoxy) is 1. The number of carbonyl (C=O) groups excluding carboxylic acids is 1. The summed E-state index contributed by atoms with van der Waals surface area (Å²) in [5.74, 6) is 1.75. The molecular weight excluding hydrogens is 328 g/mol. The maximum Gasteiger partial charge on any atom is 0.220 e. The van der Waals surface area contributed by atoms with Crippen molar-refractivity contribution in [3.8, 4) is 0 Å². The molecule has 1 amide bonds. The molecule has 0 bridgehead atoms. The van der Waals surface area contributed by atoms with Gasteiger partial charge in [-0.3, -0.25) is 4.79 Å². The van der Waals surface area contributed by atoms with E-state index in [9.17, 15) is 4.79 Å². The van der Waals surface area contributed by atoms with Crippen molar-refractivity contribution >= 4 is 5.91 Å².